The third-order valence-electron chi connectivity index (χ3n) is 6.43. The van der Waals surface area contributed by atoms with E-state index in [9.17, 15) is 9.90 Å². The number of fused-ring (bicyclic) bond motifs is 1. The highest BCUT2D eigenvalue weighted by molar-refractivity contribution is 5.92. The number of hydrogen-bond donors (Lipinski definition) is 2. The summed E-state index contributed by atoms with van der Waals surface area (Å²) in [6.45, 7) is 1.62. The number of carbonyl (C=O) groups is 1. The largest absolute Gasteiger partial charge is 0.385 e. The van der Waals surface area contributed by atoms with E-state index in [0.717, 1.165) is 37.7 Å². The molecule has 0 spiro atoms. The number of nitrogens with one attached hydrogen (secondary N) is 1. The van der Waals surface area contributed by atoms with Crippen molar-refractivity contribution in [3.63, 3.8) is 0 Å². The smallest absolute Gasteiger partial charge is 0.229 e. The lowest BCUT2D eigenvalue weighted by atomic mass is 9.92. The molecule has 0 radical (unpaired) electrons. The third kappa shape index (κ3) is 3.39. The number of aromatic nitrogens is 2. The van der Waals surface area contributed by atoms with Crippen molar-refractivity contribution in [2.24, 2.45) is 0 Å². The Hall–Kier alpha value is -2.73. The molecule has 2 aliphatic rings. The number of carbonyl (C=O) groups excluding carboxylic acids is 1. The molecule has 0 saturated heterocycles. The summed E-state index contributed by atoms with van der Waals surface area (Å²) in [4.78, 5) is 17.4. The molecule has 5 rings (SSSR count). The summed E-state index contributed by atoms with van der Waals surface area (Å²) in [5, 5.41) is 13.7. The van der Waals surface area contributed by atoms with E-state index in [1.54, 1.807) is 19.1 Å². The SMILES string of the molecule is C[C@@](O)(CC(=O)Nc1nc2ccc(C3CC3)c(F)c2n1C1CCC1)c1ccccc1. The molecule has 6 heteroatoms. The molecule has 3 aromatic rings. The van der Waals surface area contributed by atoms with Gasteiger partial charge in [0.15, 0.2) is 5.82 Å². The summed E-state index contributed by atoms with van der Waals surface area (Å²) in [6, 6.07) is 13.0. The highest BCUT2D eigenvalue weighted by Crippen LogP contribution is 2.44. The Morgan fingerprint density at radius 1 is 1.20 bits per heavy atom. The molecular weight excluding hydrogens is 381 g/mol. The van der Waals surface area contributed by atoms with Gasteiger partial charge in [0.05, 0.1) is 17.5 Å². The van der Waals surface area contributed by atoms with Crippen LogP contribution in [-0.4, -0.2) is 20.6 Å². The second kappa shape index (κ2) is 7.20. The quantitative estimate of drug-likeness (QED) is 0.603. The maximum atomic E-state index is 15.4. The zero-order valence-corrected chi connectivity index (χ0v) is 17.1. The Balaban J connectivity index is 1.46. The average molecular weight is 407 g/mol. The molecule has 2 aliphatic carbocycles. The average Bonchev–Trinajstić information content (AvgIpc) is 3.45. The molecule has 30 heavy (non-hydrogen) atoms. The van der Waals surface area contributed by atoms with Gasteiger partial charge < -0.3 is 9.67 Å². The van der Waals surface area contributed by atoms with Crippen molar-refractivity contribution >= 4 is 22.9 Å². The van der Waals surface area contributed by atoms with Gasteiger partial charge in [0.25, 0.3) is 0 Å². The van der Waals surface area contributed by atoms with Gasteiger partial charge in [-0.05, 0) is 62.1 Å². The van der Waals surface area contributed by atoms with Gasteiger partial charge in [-0.3, -0.25) is 10.1 Å². The van der Waals surface area contributed by atoms with Crippen LogP contribution >= 0.6 is 0 Å². The topological polar surface area (TPSA) is 67.2 Å². The van der Waals surface area contributed by atoms with Crippen LogP contribution in [0.4, 0.5) is 10.3 Å². The molecule has 5 nitrogen and oxygen atoms in total. The second-order valence-corrected chi connectivity index (χ2v) is 8.87. The summed E-state index contributed by atoms with van der Waals surface area (Å²) < 4.78 is 17.2. The minimum Gasteiger partial charge on any atom is -0.385 e. The number of hydrogen-bond acceptors (Lipinski definition) is 3. The first-order chi connectivity index (χ1) is 14.4. The summed E-state index contributed by atoms with van der Waals surface area (Å²) in [6.07, 6.45) is 4.92. The predicted molar refractivity (Wildman–Crippen MR) is 114 cm³/mol. The van der Waals surface area contributed by atoms with E-state index in [1.807, 2.05) is 34.9 Å². The molecule has 1 aromatic heterocycles. The van der Waals surface area contributed by atoms with E-state index in [1.165, 1.54) is 0 Å². The summed E-state index contributed by atoms with van der Waals surface area (Å²) in [7, 11) is 0. The Morgan fingerprint density at radius 2 is 1.93 bits per heavy atom. The maximum Gasteiger partial charge on any atom is 0.229 e. The van der Waals surface area contributed by atoms with Crippen LogP contribution in [0.3, 0.4) is 0 Å². The molecule has 2 saturated carbocycles. The first kappa shape index (κ1) is 19.2. The van der Waals surface area contributed by atoms with E-state index in [2.05, 4.69) is 10.3 Å². The molecule has 1 heterocycles. The molecule has 2 aromatic carbocycles. The third-order valence-corrected chi connectivity index (χ3v) is 6.43. The number of amides is 1. The summed E-state index contributed by atoms with van der Waals surface area (Å²) in [5.74, 6) is 0.127. The molecule has 0 aliphatic heterocycles. The summed E-state index contributed by atoms with van der Waals surface area (Å²) in [5.41, 5.74) is 1.19. The fourth-order valence-electron chi connectivity index (χ4n) is 4.34. The van der Waals surface area contributed by atoms with Crippen molar-refractivity contribution in [3.8, 4) is 0 Å². The van der Waals surface area contributed by atoms with Gasteiger partial charge in [0.2, 0.25) is 11.9 Å². The van der Waals surface area contributed by atoms with E-state index in [-0.39, 0.29) is 24.2 Å². The van der Waals surface area contributed by atoms with Crippen LogP contribution in [0.15, 0.2) is 42.5 Å². The maximum absolute atomic E-state index is 15.4. The lowest BCUT2D eigenvalue weighted by Gasteiger charge is -2.29. The van der Waals surface area contributed by atoms with Crippen LogP contribution in [0.5, 0.6) is 0 Å². The van der Waals surface area contributed by atoms with Crippen molar-refractivity contribution in [2.45, 2.75) is 63.0 Å². The van der Waals surface area contributed by atoms with Gasteiger partial charge >= 0.3 is 0 Å². The Kier molecular flexibility index (Phi) is 4.62. The standard InChI is InChI=1S/C24H26FN3O2/c1-24(30,16-6-3-2-4-7-16)14-20(29)27-23-26-19-13-12-18(15-10-11-15)21(25)22(19)28(23)17-8-5-9-17/h2-4,6-7,12-13,15,17,30H,5,8-11,14H2,1H3,(H,26,27,29)/t24-/m1/s1. The van der Waals surface area contributed by atoms with Gasteiger partial charge in [-0.1, -0.05) is 36.4 Å². The zero-order chi connectivity index (χ0) is 20.9. The van der Waals surface area contributed by atoms with Crippen LogP contribution in [0, 0.1) is 5.82 Å². The predicted octanol–water partition coefficient (Wildman–Crippen LogP) is 5.01. The second-order valence-electron chi connectivity index (χ2n) is 8.87. The normalized spacial score (nSPS) is 18.8. The highest BCUT2D eigenvalue weighted by atomic mass is 19.1. The van der Waals surface area contributed by atoms with E-state index < -0.39 is 5.60 Å². The number of imidazole rings is 1. The minimum absolute atomic E-state index is 0.110. The summed E-state index contributed by atoms with van der Waals surface area (Å²) >= 11 is 0. The minimum atomic E-state index is -1.30. The number of aliphatic hydroxyl groups is 1. The van der Waals surface area contributed by atoms with Crippen LogP contribution in [0.1, 0.15) is 68.5 Å². The molecule has 0 bridgehead atoms. The molecule has 2 fully saturated rings. The monoisotopic (exact) mass is 407 g/mol. The molecule has 2 N–H and O–H groups in total. The van der Waals surface area contributed by atoms with Gasteiger partial charge in [-0.25, -0.2) is 9.37 Å². The van der Waals surface area contributed by atoms with Crippen molar-refractivity contribution in [1.82, 2.24) is 9.55 Å². The van der Waals surface area contributed by atoms with E-state index in [0.29, 0.717) is 28.5 Å². The van der Waals surface area contributed by atoms with Crippen LogP contribution in [0.25, 0.3) is 11.0 Å². The Morgan fingerprint density at radius 3 is 2.57 bits per heavy atom. The van der Waals surface area contributed by atoms with Gasteiger partial charge in [-0.15, -0.1) is 0 Å². The fraction of sp³-hybridized carbons (Fsp3) is 0.417. The van der Waals surface area contributed by atoms with Crippen molar-refractivity contribution < 1.29 is 14.3 Å². The number of halogens is 1. The van der Waals surface area contributed by atoms with Crippen LogP contribution in [0.2, 0.25) is 0 Å². The van der Waals surface area contributed by atoms with Crippen LogP contribution < -0.4 is 5.32 Å². The highest BCUT2D eigenvalue weighted by Gasteiger charge is 2.33. The fourth-order valence-corrected chi connectivity index (χ4v) is 4.34. The number of anilines is 1. The number of rotatable bonds is 6. The first-order valence-corrected chi connectivity index (χ1v) is 10.7. The molecule has 156 valence electrons. The number of benzene rings is 2. The Labute approximate surface area is 174 Å². The lowest BCUT2D eigenvalue weighted by Crippen LogP contribution is -2.30. The van der Waals surface area contributed by atoms with Gasteiger partial charge in [0.1, 0.15) is 5.52 Å². The lowest BCUT2D eigenvalue weighted by molar-refractivity contribution is -0.120. The Bertz CT molecular complexity index is 1100. The van der Waals surface area contributed by atoms with Crippen molar-refractivity contribution in [2.75, 3.05) is 5.32 Å². The van der Waals surface area contributed by atoms with Crippen LogP contribution in [-0.2, 0) is 10.4 Å². The molecule has 1 amide bonds. The molecule has 0 unspecified atom stereocenters. The number of nitrogens with zero attached hydrogens (tertiary/aromatic N) is 2. The van der Waals surface area contributed by atoms with E-state index >= 15 is 4.39 Å². The van der Waals surface area contributed by atoms with E-state index in [4.69, 9.17) is 0 Å². The molecular formula is C24H26FN3O2. The zero-order valence-electron chi connectivity index (χ0n) is 17.1. The molecule has 1 atom stereocenters. The van der Waals surface area contributed by atoms with Gasteiger partial charge in [0, 0.05) is 6.04 Å². The van der Waals surface area contributed by atoms with Crippen molar-refractivity contribution in [3.05, 3.63) is 59.4 Å². The first-order valence-electron chi connectivity index (χ1n) is 10.7. The van der Waals surface area contributed by atoms with Crippen molar-refractivity contribution in [1.29, 1.82) is 0 Å². The van der Waals surface area contributed by atoms with Gasteiger partial charge in [-0.2, -0.15) is 0 Å².